The molecule has 0 N–H and O–H groups in total. The van der Waals surface area contributed by atoms with E-state index in [1.807, 2.05) is 20.8 Å². The van der Waals surface area contributed by atoms with Gasteiger partial charge in [-0.3, -0.25) is 4.21 Å². The summed E-state index contributed by atoms with van der Waals surface area (Å²) < 4.78 is 42.6. The van der Waals surface area contributed by atoms with Crippen LogP contribution in [0.25, 0.3) is 0 Å². The zero-order valence-electron chi connectivity index (χ0n) is 18.1. The topological polar surface area (TPSA) is 94.8 Å². The Kier molecular flexibility index (Phi) is 7.49. The van der Waals surface area contributed by atoms with Crippen molar-refractivity contribution in [1.29, 1.82) is 0 Å². The number of amides is 1. The standard InChI is InChI=1S/C20H32FN3O5S/c1-20(2,3)28-19(25)24-9-7-13(8-10-24)27-12-17-22-18(23-29-17)15-6-5-14(30(4)26)11-16(15)21/h13-16H,5-12H2,1-4H3. The van der Waals surface area contributed by atoms with Gasteiger partial charge in [-0.15, -0.1) is 0 Å². The molecule has 1 saturated heterocycles. The van der Waals surface area contributed by atoms with Crippen molar-refractivity contribution in [2.75, 3.05) is 19.3 Å². The molecule has 0 radical (unpaired) electrons. The van der Waals surface area contributed by atoms with Gasteiger partial charge < -0.3 is 18.9 Å². The number of aromatic nitrogens is 2. The number of likely N-dealkylation sites (tertiary alicyclic amines) is 1. The molecule has 8 nitrogen and oxygen atoms in total. The van der Waals surface area contributed by atoms with Gasteiger partial charge in [0.2, 0.25) is 0 Å². The summed E-state index contributed by atoms with van der Waals surface area (Å²) in [6.07, 6.45) is 3.13. The summed E-state index contributed by atoms with van der Waals surface area (Å²) in [7, 11) is -1.01. The summed E-state index contributed by atoms with van der Waals surface area (Å²) in [4.78, 5) is 18.1. The highest BCUT2D eigenvalue weighted by molar-refractivity contribution is 7.84. The van der Waals surface area contributed by atoms with E-state index in [1.54, 1.807) is 11.2 Å². The zero-order chi connectivity index (χ0) is 21.9. The number of alkyl halides is 1. The minimum Gasteiger partial charge on any atom is -0.444 e. The number of carbonyl (C=O) groups excluding carboxylic acids is 1. The van der Waals surface area contributed by atoms with Crippen LogP contribution in [0.2, 0.25) is 0 Å². The maximum atomic E-state index is 14.5. The molecule has 1 amide bonds. The molecule has 3 rings (SSSR count). The van der Waals surface area contributed by atoms with Gasteiger partial charge in [-0.2, -0.15) is 4.98 Å². The second-order valence-electron chi connectivity index (χ2n) is 9.08. The van der Waals surface area contributed by atoms with E-state index in [0.717, 1.165) is 0 Å². The first-order valence-corrected chi connectivity index (χ1v) is 12.1. The van der Waals surface area contributed by atoms with Gasteiger partial charge in [0, 0.05) is 35.4 Å². The van der Waals surface area contributed by atoms with E-state index >= 15 is 0 Å². The lowest BCUT2D eigenvalue weighted by atomic mass is 9.86. The van der Waals surface area contributed by atoms with Crippen molar-refractivity contribution in [3.8, 4) is 0 Å². The lowest BCUT2D eigenvalue weighted by Gasteiger charge is -2.33. The third kappa shape index (κ3) is 6.23. The van der Waals surface area contributed by atoms with E-state index in [1.165, 1.54) is 0 Å². The Balaban J connectivity index is 1.43. The van der Waals surface area contributed by atoms with Crippen molar-refractivity contribution in [1.82, 2.24) is 15.0 Å². The number of nitrogens with zero attached hydrogens (tertiary/aromatic N) is 3. The predicted molar refractivity (Wildman–Crippen MR) is 109 cm³/mol. The fourth-order valence-corrected chi connectivity index (χ4v) is 4.79. The van der Waals surface area contributed by atoms with Crippen LogP contribution < -0.4 is 0 Å². The summed E-state index contributed by atoms with van der Waals surface area (Å²) in [5, 5.41) is 3.84. The van der Waals surface area contributed by atoms with Crippen molar-refractivity contribution in [2.24, 2.45) is 0 Å². The quantitative estimate of drug-likeness (QED) is 0.686. The monoisotopic (exact) mass is 445 g/mol. The largest absolute Gasteiger partial charge is 0.444 e. The van der Waals surface area contributed by atoms with Crippen molar-refractivity contribution >= 4 is 16.9 Å². The molecule has 0 bridgehead atoms. The molecular formula is C20H32FN3O5S. The summed E-state index contributed by atoms with van der Waals surface area (Å²) in [5.41, 5.74) is -0.508. The van der Waals surface area contributed by atoms with Crippen LogP contribution in [-0.4, -0.2) is 67.8 Å². The fraction of sp³-hybridized carbons (Fsp3) is 0.850. The SMILES string of the molecule is CS(=O)C1CCC(c2noc(COC3CCN(C(=O)OC(C)(C)C)CC3)n2)C(F)C1. The molecular weight excluding hydrogens is 413 g/mol. The average Bonchev–Trinajstić information content (AvgIpc) is 3.14. The minimum atomic E-state index is -1.11. The maximum Gasteiger partial charge on any atom is 0.410 e. The second-order valence-corrected chi connectivity index (χ2v) is 10.7. The van der Waals surface area contributed by atoms with Crippen molar-refractivity contribution < 1.29 is 27.4 Å². The molecule has 1 aromatic heterocycles. The van der Waals surface area contributed by atoms with Crippen LogP contribution in [-0.2, 0) is 26.9 Å². The van der Waals surface area contributed by atoms with Gasteiger partial charge in [0.15, 0.2) is 5.82 Å². The number of rotatable bonds is 5. The summed E-state index contributed by atoms with van der Waals surface area (Å²) in [6, 6.07) is 0. The zero-order valence-corrected chi connectivity index (χ0v) is 19.0. The molecule has 1 aliphatic carbocycles. The van der Waals surface area contributed by atoms with Crippen LogP contribution in [0.4, 0.5) is 9.18 Å². The molecule has 10 heteroatoms. The molecule has 2 aliphatic rings. The first-order valence-electron chi connectivity index (χ1n) is 10.5. The number of halogens is 1. The van der Waals surface area contributed by atoms with Gasteiger partial charge in [0.25, 0.3) is 5.89 Å². The van der Waals surface area contributed by atoms with Gasteiger partial charge in [-0.1, -0.05) is 5.16 Å². The van der Waals surface area contributed by atoms with Gasteiger partial charge in [-0.25, -0.2) is 9.18 Å². The van der Waals surface area contributed by atoms with Gasteiger partial charge >= 0.3 is 6.09 Å². The van der Waals surface area contributed by atoms with Crippen LogP contribution in [0.3, 0.4) is 0 Å². The Bertz CT molecular complexity index is 745. The molecule has 1 aliphatic heterocycles. The first kappa shape index (κ1) is 23.1. The molecule has 4 atom stereocenters. The highest BCUT2D eigenvalue weighted by Gasteiger charge is 2.36. The predicted octanol–water partition coefficient (Wildman–Crippen LogP) is 3.34. The molecule has 2 heterocycles. The van der Waals surface area contributed by atoms with Gasteiger partial charge in [0.05, 0.1) is 12.0 Å². The Morgan fingerprint density at radius 2 is 1.97 bits per heavy atom. The normalized spacial score (nSPS) is 27.1. The number of hydrogen-bond acceptors (Lipinski definition) is 7. The Morgan fingerprint density at radius 1 is 1.27 bits per heavy atom. The van der Waals surface area contributed by atoms with E-state index in [9.17, 15) is 13.4 Å². The Morgan fingerprint density at radius 3 is 2.57 bits per heavy atom. The Labute approximate surface area is 179 Å². The highest BCUT2D eigenvalue weighted by Crippen LogP contribution is 2.35. The third-order valence-electron chi connectivity index (χ3n) is 5.55. The number of ether oxygens (including phenoxy) is 2. The lowest BCUT2D eigenvalue weighted by molar-refractivity contribution is -0.0231. The molecule has 0 spiro atoms. The second kappa shape index (κ2) is 9.72. The lowest BCUT2D eigenvalue weighted by Crippen LogP contribution is -2.43. The van der Waals surface area contributed by atoms with Crippen LogP contribution >= 0.6 is 0 Å². The fourth-order valence-electron chi connectivity index (χ4n) is 3.87. The number of piperidine rings is 1. The molecule has 1 aromatic rings. The summed E-state index contributed by atoms with van der Waals surface area (Å²) >= 11 is 0. The summed E-state index contributed by atoms with van der Waals surface area (Å²) in [6.45, 7) is 6.85. The van der Waals surface area contributed by atoms with E-state index < -0.39 is 28.5 Å². The van der Waals surface area contributed by atoms with Crippen molar-refractivity contribution in [3.63, 3.8) is 0 Å². The smallest absolute Gasteiger partial charge is 0.410 e. The van der Waals surface area contributed by atoms with Crippen molar-refractivity contribution in [2.45, 2.75) is 88.5 Å². The third-order valence-corrected chi connectivity index (χ3v) is 6.91. The number of carbonyl (C=O) groups is 1. The molecule has 170 valence electrons. The highest BCUT2D eigenvalue weighted by atomic mass is 32.2. The average molecular weight is 446 g/mol. The van der Waals surface area contributed by atoms with Crippen molar-refractivity contribution in [3.05, 3.63) is 11.7 Å². The van der Waals surface area contributed by atoms with E-state index in [-0.39, 0.29) is 30.5 Å². The van der Waals surface area contributed by atoms with E-state index in [2.05, 4.69) is 10.1 Å². The summed E-state index contributed by atoms with van der Waals surface area (Å²) in [5.74, 6) is 0.272. The van der Waals surface area contributed by atoms with E-state index in [0.29, 0.717) is 50.5 Å². The molecule has 1 saturated carbocycles. The number of hydrogen-bond donors (Lipinski definition) is 0. The van der Waals surface area contributed by atoms with Gasteiger partial charge in [-0.05, 0) is 52.9 Å². The molecule has 4 unspecified atom stereocenters. The molecule has 30 heavy (non-hydrogen) atoms. The van der Waals surface area contributed by atoms with Gasteiger partial charge in [0.1, 0.15) is 18.4 Å². The van der Waals surface area contributed by atoms with E-state index in [4.69, 9.17) is 14.0 Å². The maximum absolute atomic E-state index is 14.5. The first-order chi connectivity index (χ1) is 14.1. The minimum absolute atomic E-state index is 0.0112. The van der Waals surface area contributed by atoms with Crippen LogP contribution in [0.1, 0.15) is 70.5 Å². The Hall–Kier alpha value is -1.55. The van der Waals surface area contributed by atoms with Crippen LogP contribution in [0.15, 0.2) is 4.52 Å². The van der Waals surface area contributed by atoms with Crippen LogP contribution in [0.5, 0.6) is 0 Å². The molecule has 2 fully saturated rings. The molecule has 0 aromatic carbocycles. The van der Waals surface area contributed by atoms with Crippen LogP contribution in [0, 0.1) is 0 Å².